The van der Waals surface area contributed by atoms with E-state index in [0.29, 0.717) is 37.7 Å². The van der Waals surface area contributed by atoms with Crippen molar-refractivity contribution in [2.75, 3.05) is 26.2 Å². The maximum atomic E-state index is 13.1. The molecule has 0 N–H and O–H groups in total. The van der Waals surface area contributed by atoms with Crippen molar-refractivity contribution in [3.63, 3.8) is 0 Å². The summed E-state index contributed by atoms with van der Waals surface area (Å²) >= 11 is 0. The van der Waals surface area contributed by atoms with Crippen molar-refractivity contribution in [3.8, 4) is 0 Å². The van der Waals surface area contributed by atoms with Crippen molar-refractivity contribution in [3.05, 3.63) is 66.7 Å². The average molecular weight is 407 g/mol. The lowest BCUT2D eigenvalue weighted by Crippen LogP contribution is -2.48. The fourth-order valence-electron chi connectivity index (χ4n) is 3.80. The van der Waals surface area contributed by atoms with Gasteiger partial charge in [-0.15, -0.1) is 5.10 Å². The van der Waals surface area contributed by atoms with Crippen LogP contribution in [-0.4, -0.2) is 58.8 Å². The van der Waals surface area contributed by atoms with E-state index in [2.05, 4.69) is 15.2 Å². The summed E-state index contributed by atoms with van der Waals surface area (Å²) in [5.74, 6) is 0. The predicted molar refractivity (Wildman–Crippen MR) is 112 cm³/mol. The Hall–Kier alpha value is -2.81. The number of nitrogens with zero attached hydrogens (tertiary/aromatic N) is 5. The van der Waals surface area contributed by atoms with Crippen LogP contribution in [0.3, 0.4) is 0 Å². The highest BCUT2D eigenvalue weighted by Crippen LogP contribution is 2.23. The number of sulfonamides is 1. The van der Waals surface area contributed by atoms with Gasteiger partial charge in [-0.05, 0) is 35.0 Å². The van der Waals surface area contributed by atoms with Gasteiger partial charge >= 0.3 is 0 Å². The molecule has 0 radical (unpaired) electrons. The first-order chi connectivity index (χ1) is 14.1. The largest absolute Gasteiger partial charge is 0.282 e. The van der Waals surface area contributed by atoms with Gasteiger partial charge in [0.15, 0.2) is 0 Å². The second kappa shape index (κ2) is 7.22. The van der Waals surface area contributed by atoms with Gasteiger partial charge in [-0.2, -0.15) is 4.31 Å². The van der Waals surface area contributed by atoms with Crippen molar-refractivity contribution in [2.45, 2.75) is 11.6 Å². The smallest absolute Gasteiger partial charge is 0.243 e. The SMILES string of the molecule is O=S(=O)(c1ccc2ccccc2c1)N1CCN(Cn2nnc3ccccc32)CC1. The Balaban J connectivity index is 1.30. The highest BCUT2D eigenvalue weighted by molar-refractivity contribution is 7.89. The Morgan fingerprint density at radius 3 is 2.38 bits per heavy atom. The maximum absolute atomic E-state index is 13.1. The van der Waals surface area contributed by atoms with E-state index in [4.69, 9.17) is 0 Å². The number of hydrogen-bond donors (Lipinski definition) is 0. The number of benzene rings is 3. The zero-order chi connectivity index (χ0) is 19.8. The summed E-state index contributed by atoms with van der Waals surface area (Å²) in [6.45, 7) is 2.83. The fourth-order valence-corrected chi connectivity index (χ4v) is 5.26. The number of aromatic nitrogens is 3. The van der Waals surface area contributed by atoms with E-state index in [9.17, 15) is 8.42 Å². The number of piperazine rings is 1. The summed E-state index contributed by atoms with van der Waals surface area (Å²) in [5.41, 5.74) is 1.85. The van der Waals surface area contributed by atoms with Gasteiger partial charge in [0.05, 0.1) is 17.1 Å². The van der Waals surface area contributed by atoms with E-state index in [1.165, 1.54) is 0 Å². The molecular formula is C21H21N5O2S. The van der Waals surface area contributed by atoms with Crippen molar-refractivity contribution in [2.24, 2.45) is 0 Å². The molecule has 1 fully saturated rings. The molecule has 0 bridgehead atoms. The third-order valence-corrected chi connectivity index (χ3v) is 7.34. The topological polar surface area (TPSA) is 71.3 Å². The summed E-state index contributed by atoms with van der Waals surface area (Å²) in [6, 6.07) is 21.0. The lowest BCUT2D eigenvalue weighted by molar-refractivity contribution is 0.147. The van der Waals surface area contributed by atoms with Crippen LogP contribution in [0.25, 0.3) is 21.8 Å². The molecule has 1 aliphatic rings. The molecule has 7 nitrogen and oxygen atoms in total. The van der Waals surface area contributed by atoms with E-state index in [1.807, 2.05) is 59.3 Å². The van der Waals surface area contributed by atoms with Crippen LogP contribution in [0.1, 0.15) is 0 Å². The predicted octanol–water partition coefficient (Wildman–Crippen LogP) is 2.55. The molecule has 8 heteroatoms. The van der Waals surface area contributed by atoms with Crippen molar-refractivity contribution in [1.29, 1.82) is 0 Å². The van der Waals surface area contributed by atoms with Crippen molar-refractivity contribution < 1.29 is 8.42 Å². The Bertz CT molecular complexity index is 1280. The number of hydrogen-bond acceptors (Lipinski definition) is 5. The number of para-hydroxylation sites is 1. The molecule has 0 unspecified atom stereocenters. The summed E-state index contributed by atoms with van der Waals surface area (Å²) in [6.07, 6.45) is 0. The molecule has 3 aromatic carbocycles. The van der Waals surface area contributed by atoms with Crippen molar-refractivity contribution >= 4 is 31.8 Å². The second-order valence-corrected chi connectivity index (χ2v) is 9.19. The van der Waals surface area contributed by atoms with Gasteiger partial charge in [0.25, 0.3) is 0 Å². The first-order valence-electron chi connectivity index (χ1n) is 9.61. The third-order valence-electron chi connectivity index (χ3n) is 5.44. The van der Waals surface area contributed by atoms with E-state index in [0.717, 1.165) is 21.8 Å². The van der Waals surface area contributed by atoms with Gasteiger partial charge in [0.2, 0.25) is 10.0 Å². The Morgan fingerprint density at radius 2 is 1.55 bits per heavy atom. The highest BCUT2D eigenvalue weighted by Gasteiger charge is 2.28. The first kappa shape index (κ1) is 18.2. The standard InChI is InChI=1S/C21H21N5O2S/c27-29(28,19-10-9-17-5-1-2-6-18(17)15-19)25-13-11-24(12-14-25)16-26-21-8-4-3-7-20(21)22-23-26/h1-10,15H,11-14,16H2. The molecule has 1 aromatic heterocycles. The summed E-state index contributed by atoms with van der Waals surface area (Å²) in [5, 5.41) is 10.4. The van der Waals surface area contributed by atoms with Crippen LogP contribution in [-0.2, 0) is 16.7 Å². The molecule has 4 aromatic rings. The lowest BCUT2D eigenvalue weighted by atomic mass is 10.1. The molecule has 1 saturated heterocycles. The average Bonchev–Trinajstić information content (AvgIpc) is 3.17. The molecular weight excluding hydrogens is 386 g/mol. The molecule has 148 valence electrons. The molecule has 2 heterocycles. The number of fused-ring (bicyclic) bond motifs is 2. The van der Waals surface area contributed by atoms with Gasteiger partial charge in [0.1, 0.15) is 5.52 Å². The van der Waals surface area contributed by atoms with Gasteiger partial charge in [-0.1, -0.05) is 47.7 Å². The van der Waals surface area contributed by atoms with Gasteiger partial charge < -0.3 is 0 Å². The highest BCUT2D eigenvalue weighted by atomic mass is 32.2. The van der Waals surface area contributed by atoms with Crippen LogP contribution in [0.2, 0.25) is 0 Å². The van der Waals surface area contributed by atoms with E-state index in [1.54, 1.807) is 16.4 Å². The summed E-state index contributed by atoms with van der Waals surface area (Å²) in [4.78, 5) is 2.56. The second-order valence-electron chi connectivity index (χ2n) is 7.25. The normalized spacial score (nSPS) is 16.6. The van der Waals surface area contributed by atoms with Crippen LogP contribution >= 0.6 is 0 Å². The van der Waals surface area contributed by atoms with E-state index >= 15 is 0 Å². The van der Waals surface area contributed by atoms with E-state index < -0.39 is 10.0 Å². The summed E-state index contributed by atoms with van der Waals surface area (Å²) in [7, 11) is -3.50. The minimum Gasteiger partial charge on any atom is -0.282 e. The number of rotatable bonds is 4. The molecule has 0 aliphatic carbocycles. The molecule has 0 spiro atoms. The van der Waals surface area contributed by atoms with Crippen LogP contribution in [0.4, 0.5) is 0 Å². The van der Waals surface area contributed by atoms with Crippen LogP contribution < -0.4 is 0 Å². The van der Waals surface area contributed by atoms with Crippen molar-refractivity contribution in [1.82, 2.24) is 24.2 Å². The Morgan fingerprint density at radius 1 is 0.828 bits per heavy atom. The van der Waals surface area contributed by atoms with Gasteiger partial charge in [0, 0.05) is 26.2 Å². The molecule has 0 amide bonds. The molecule has 5 rings (SSSR count). The van der Waals surface area contributed by atoms with Gasteiger partial charge in [-0.3, -0.25) is 4.90 Å². The quantitative estimate of drug-likeness (QED) is 0.520. The molecule has 0 atom stereocenters. The maximum Gasteiger partial charge on any atom is 0.243 e. The third kappa shape index (κ3) is 3.39. The molecule has 1 aliphatic heterocycles. The minimum atomic E-state index is -3.50. The monoisotopic (exact) mass is 407 g/mol. The van der Waals surface area contributed by atoms with Crippen LogP contribution in [0.15, 0.2) is 71.6 Å². The first-order valence-corrected chi connectivity index (χ1v) is 11.0. The van der Waals surface area contributed by atoms with E-state index in [-0.39, 0.29) is 0 Å². The fraction of sp³-hybridized carbons (Fsp3) is 0.238. The lowest BCUT2D eigenvalue weighted by Gasteiger charge is -2.33. The summed E-state index contributed by atoms with van der Waals surface area (Å²) < 4.78 is 29.7. The zero-order valence-corrected chi connectivity index (χ0v) is 16.7. The van der Waals surface area contributed by atoms with Crippen LogP contribution in [0, 0.1) is 0 Å². The molecule has 0 saturated carbocycles. The minimum absolute atomic E-state index is 0.354. The van der Waals surface area contributed by atoms with Gasteiger partial charge in [-0.25, -0.2) is 13.1 Å². The van der Waals surface area contributed by atoms with Crippen LogP contribution in [0.5, 0.6) is 0 Å². The Labute approximate surface area is 169 Å². The Kier molecular flexibility index (Phi) is 4.54. The molecule has 29 heavy (non-hydrogen) atoms. The zero-order valence-electron chi connectivity index (χ0n) is 15.8.